The quantitative estimate of drug-likeness (QED) is 0.563. The molecule has 0 fully saturated rings. The zero-order valence-corrected chi connectivity index (χ0v) is 18.6. The summed E-state index contributed by atoms with van der Waals surface area (Å²) >= 11 is 0. The molecule has 8 nitrogen and oxygen atoms in total. The van der Waals surface area contributed by atoms with Gasteiger partial charge in [0, 0.05) is 31.9 Å². The van der Waals surface area contributed by atoms with Crippen molar-refractivity contribution < 1.29 is 22.8 Å². The standard InChI is InChI=1S/C22H25F3N6O2/c1-13(2)18(20(32)28-12-22(23,24)25)29-16-8-17(11-26-10-16)31-6-5-14-7-15(9-27-19(14)31)21(33)30(3)4/h5-11,13,18,29H,12H2,1-4H3,(H,28,32). The van der Waals surface area contributed by atoms with E-state index < -0.39 is 24.7 Å². The van der Waals surface area contributed by atoms with Crippen molar-refractivity contribution in [1.29, 1.82) is 0 Å². The second-order valence-electron chi connectivity index (χ2n) is 8.15. The Balaban J connectivity index is 1.85. The van der Waals surface area contributed by atoms with Gasteiger partial charge in [-0.15, -0.1) is 0 Å². The number of hydrogen-bond acceptors (Lipinski definition) is 5. The zero-order chi connectivity index (χ0) is 24.3. The maximum Gasteiger partial charge on any atom is 0.405 e. The molecule has 3 aromatic rings. The van der Waals surface area contributed by atoms with Gasteiger partial charge in [0.15, 0.2) is 0 Å². The minimum absolute atomic E-state index is 0.159. The molecule has 0 bridgehead atoms. The molecule has 11 heteroatoms. The Bertz CT molecular complexity index is 1160. The number of aromatic nitrogens is 3. The smallest absolute Gasteiger partial charge is 0.372 e. The Morgan fingerprint density at radius 2 is 1.88 bits per heavy atom. The van der Waals surface area contributed by atoms with Crippen LogP contribution < -0.4 is 10.6 Å². The lowest BCUT2D eigenvalue weighted by molar-refractivity contribution is -0.139. The molecule has 2 amide bonds. The van der Waals surface area contributed by atoms with Crippen LogP contribution in [0.1, 0.15) is 24.2 Å². The van der Waals surface area contributed by atoms with E-state index in [1.165, 1.54) is 17.3 Å². The van der Waals surface area contributed by atoms with E-state index in [0.717, 1.165) is 5.39 Å². The number of nitrogens with zero attached hydrogens (tertiary/aromatic N) is 4. The van der Waals surface area contributed by atoms with Crippen LogP contribution in [0.15, 0.2) is 43.0 Å². The molecule has 1 atom stereocenters. The number of amides is 2. The van der Waals surface area contributed by atoms with Crippen molar-refractivity contribution in [2.75, 3.05) is 26.0 Å². The summed E-state index contributed by atoms with van der Waals surface area (Å²) in [6.07, 6.45) is 1.87. The van der Waals surface area contributed by atoms with Gasteiger partial charge in [-0.2, -0.15) is 13.2 Å². The number of hydrogen-bond donors (Lipinski definition) is 2. The molecule has 0 spiro atoms. The summed E-state index contributed by atoms with van der Waals surface area (Å²) in [7, 11) is 3.32. The first kappa shape index (κ1) is 24.0. The Morgan fingerprint density at radius 1 is 1.15 bits per heavy atom. The van der Waals surface area contributed by atoms with E-state index in [1.54, 1.807) is 57.0 Å². The summed E-state index contributed by atoms with van der Waals surface area (Å²) in [6, 6.07) is 4.40. The molecule has 0 aromatic carbocycles. The van der Waals surface area contributed by atoms with E-state index in [1.807, 2.05) is 11.4 Å². The van der Waals surface area contributed by atoms with Gasteiger partial charge < -0.3 is 15.5 Å². The number of alkyl halides is 3. The molecular formula is C22H25F3N6O2. The average Bonchev–Trinajstić information content (AvgIpc) is 3.18. The van der Waals surface area contributed by atoms with Gasteiger partial charge in [0.05, 0.1) is 29.3 Å². The van der Waals surface area contributed by atoms with Crippen LogP contribution in [0, 0.1) is 5.92 Å². The largest absolute Gasteiger partial charge is 0.405 e. The molecule has 3 aromatic heterocycles. The van der Waals surface area contributed by atoms with Gasteiger partial charge in [0.25, 0.3) is 5.91 Å². The van der Waals surface area contributed by atoms with Gasteiger partial charge in [-0.05, 0) is 24.1 Å². The van der Waals surface area contributed by atoms with Gasteiger partial charge in [0.2, 0.25) is 5.91 Å². The van der Waals surface area contributed by atoms with Crippen LogP contribution in [-0.4, -0.2) is 64.1 Å². The Morgan fingerprint density at radius 3 is 2.52 bits per heavy atom. The summed E-state index contributed by atoms with van der Waals surface area (Å²) in [6.45, 7) is 2.07. The highest BCUT2D eigenvalue weighted by molar-refractivity contribution is 5.96. The molecule has 0 saturated heterocycles. The first-order valence-electron chi connectivity index (χ1n) is 10.2. The third-order valence-corrected chi connectivity index (χ3v) is 4.92. The lowest BCUT2D eigenvalue weighted by Gasteiger charge is -2.23. The fourth-order valence-electron chi connectivity index (χ4n) is 3.26. The predicted octanol–water partition coefficient (Wildman–Crippen LogP) is 3.24. The second kappa shape index (κ2) is 9.47. The molecule has 176 valence electrons. The molecule has 0 aliphatic carbocycles. The van der Waals surface area contributed by atoms with Crippen LogP contribution in [0.2, 0.25) is 0 Å². The fourth-order valence-corrected chi connectivity index (χ4v) is 3.26. The highest BCUT2D eigenvalue weighted by Crippen LogP contribution is 2.22. The van der Waals surface area contributed by atoms with Crippen LogP contribution in [-0.2, 0) is 4.79 Å². The second-order valence-corrected chi connectivity index (χ2v) is 8.15. The third kappa shape index (κ3) is 5.79. The molecule has 33 heavy (non-hydrogen) atoms. The molecule has 3 heterocycles. The van der Waals surface area contributed by atoms with Crippen LogP contribution in [0.3, 0.4) is 0 Å². The number of nitrogens with one attached hydrogen (secondary N) is 2. The van der Waals surface area contributed by atoms with Crippen LogP contribution in [0.5, 0.6) is 0 Å². The van der Waals surface area contributed by atoms with Crippen molar-refractivity contribution in [2.24, 2.45) is 5.92 Å². The van der Waals surface area contributed by atoms with E-state index in [2.05, 4.69) is 15.3 Å². The number of carbonyl (C=O) groups is 2. The molecule has 0 saturated carbocycles. The molecule has 3 rings (SSSR count). The van der Waals surface area contributed by atoms with Crippen LogP contribution in [0.4, 0.5) is 18.9 Å². The molecule has 1 unspecified atom stereocenters. The van der Waals surface area contributed by atoms with Gasteiger partial charge in [-0.25, -0.2) is 4.98 Å². The number of carbonyl (C=O) groups excluding carboxylic acids is 2. The SMILES string of the molecule is CC(C)C(Nc1cncc(-n2ccc3cc(C(=O)N(C)C)cnc32)c1)C(=O)NCC(F)(F)F. The van der Waals surface area contributed by atoms with E-state index >= 15 is 0 Å². The molecule has 0 radical (unpaired) electrons. The number of fused-ring (bicyclic) bond motifs is 1. The highest BCUT2D eigenvalue weighted by Gasteiger charge is 2.30. The number of halogens is 3. The average molecular weight is 462 g/mol. The maximum atomic E-state index is 12.5. The first-order chi connectivity index (χ1) is 15.5. The molecule has 0 aliphatic rings. The summed E-state index contributed by atoms with van der Waals surface area (Å²) in [5.74, 6) is -1.18. The maximum absolute atomic E-state index is 12.5. The molecule has 0 aliphatic heterocycles. The summed E-state index contributed by atoms with van der Waals surface area (Å²) < 4.78 is 39.2. The monoisotopic (exact) mass is 462 g/mol. The van der Waals surface area contributed by atoms with Crippen molar-refractivity contribution in [2.45, 2.75) is 26.1 Å². The van der Waals surface area contributed by atoms with E-state index in [9.17, 15) is 22.8 Å². The van der Waals surface area contributed by atoms with E-state index in [-0.39, 0.29) is 11.8 Å². The van der Waals surface area contributed by atoms with Gasteiger partial charge >= 0.3 is 6.18 Å². The number of rotatable bonds is 7. The third-order valence-electron chi connectivity index (χ3n) is 4.92. The predicted molar refractivity (Wildman–Crippen MR) is 118 cm³/mol. The lowest BCUT2D eigenvalue weighted by atomic mass is 10.0. The zero-order valence-electron chi connectivity index (χ0n) is 18.6. The molecule has 2 N–H and O–H groups in total. The normalized spacial score (nSPS) is 12.6. The van der Waals surface area contributed by atoms with Gasteiger partial charge in [0.1, 0.15) is 18.2 Å². The van der Waals surface area contributed by atoms with Crippen molar-refractivity contribution in [3.8, 4) is 5.69 Å². The van der Waals surface area contributed by atoms with Crippen molar-refractivity contribution >= 4 is 28.5 Å². The molecular weight excluding hydrogens is 437 g/mol. The minimum atomic E-state index is -4.49. The van der Waals surface area contributed by atoms with Crippen molar-refractivity contribution in [3.05, 3.63) is 48.5 Å². The summed E-state index contributed by atoms with van der Waals surface area (Å²) in [5.41, 5.74) is 2.16. The minimum Gasteiger partial charge on any atom is -0.372 e. The van der Waals surface area contributed by atoms with Gasteiger partial charge in [-0.3, -0.25) is 19.1 Å². The van der Waals surface area contributed by atoms with Crippen molar-refractivity contribution in [1.82, 2.24) is 24.8 Å². The number of anilines is 1. The number of pyridine rings is 2. The first-order valence-corrected chi connectivity index (χ1v) is 10.2. The van der Waals surface area contributed by atoms with E-state index in [0.29, 0.717) is 22.6 Å². The van der Waals surface area contributed by atoms with Crippen LogP contribution in [0.25, 0.3) is 16.7 Å². The Hall–Kier alpha value is -3.63. The van der Waals surface area contributed by atoms with Gasteiger partial charge in [-0.1, -0.05) is 13.8 Å². The Labute approximate surface area is 188 Å². The van der Waals surface area contributed by atoms with E-state index in [4.69, 9.17) is 0 Å². The van der Waals surface area contributed by atoms with Crippen molar-refractivity contribution in [3.63, 3.8) is 0 Å². The highest BCUT2D eigenvalue weighted by atomic mass is 19.4. The Kier molecular flexibility index (Phi) is 6.89. The summed E-state index contributed by atoms with van der Waals surface area (Å²) in [4.78, 5) is 34.6. The topological polar surface area (TPSA) is 92.2 Å². The summed E-state index contributed by atoms with van der Waals surface area (Å²) in [5, 5.41) is 5.65. The fraction of sp³-hybridized carbons (Fsp3) is 0.364. The van der Waals surface area contributed by atoms with Crippen LogP contribution >= 0.6 is 0 Å². The lowest BCUT2D eigenvalue weighted by Crippen LogP contribution is -2.46.